The summed E-state index contributed by atoms with van der Waals surface area (Å²) in [6.45, 7) is 3.49. The Labute approximate surface area is 155 Å². The Morgan fingerprint density at radius 3 is 2.00 bits per heavy atom. The molecule has 0 aliphatic carbocycles. The summed E-state index contributed by atoms with van der Waals surface area (Å²) in [5.74, 6) is 1.13. The number of hydrogen-bond acceptors (Lipinski definition) is 3. The number of rotatable bonds is 5. The van der Waals surface area contributed by atoms with Crippen LogP contribution in [0.2, 0.25) is 0 Å². The highest BCUT2D eigenvalue weighted by Crippen LogP contribution is 2.34. The molecule has 0 aromatic heterocycles. The third-order valence-corrected chi connectivity index (χ3v) is 5.98. The molecule has 2 aliphatic rings. The molecule has 0 radical (unpaired) electrons. The van der Waals surface area contributed by atoms with Gasteiger partial charge >= 0.3 is 6.09 Å². The van der Waals surface area contributed by atoms with Gasteiger partial charge in [0.25, 0.3) is 0 Å². The molecule has 0 saturated carbocycles. The molecule has 26 heavy (non-hydrogen) atoms. The lowest BCUT2D eigenvalue weighted by molar-refractivity contribution is -0.117. The van der Waals surface area contributed by atoms with Crippen LogP contribution in [0.5, 0.6) is 0 Å². The number of hydrogen-bond donors (Lipinski definition) is 2. The molecule has 6 heteroatoms. The molecule has 2 fully saturated rings. The van der Waals surface area contributed by atoms with Crippen LogP contribution in [0.25, 0.3) is 0 Å². The van der Waals surface area contributed by atoms with Crippen molar-refractivity contribution in [1.82, 2.24) is 4.90 Å². The highest BCUT2D eigenvalue weighted by molar-refractivity contribution is 5.74. The summed E-state index contributed by atoms with van der Waals surface area (Å²) in [4.78, 5) is 25.9. The maximum Gasteiger partial charge on any atom is 0.407 e. The molecule has 142 valence electrons. The van der Waals surface area contributed by atoms with E-state index in [4.69, 9.17) is 10.8 Å². The Morgan fingerprint density at radius 1 is 0.962 bits per heavy atom. The van der Waals surface area contributed by atoms with Gasteiger partial charge in [-0.05, 0) is 61.6 Å². The number of benzene rings is 1. The molecule has 0 spiro atoms. The number of nitrogens with zero attached hydrogens (tertiary/aromatic N) is 2. The average Bonchev–Trinajstić information content (AvgIpc) is 2.67. The molecule has 1 aromatic rings. The first-order valence-electron chi connectivity index (χ1n) is 9.63. The second-order valence-electron chi connectivity index (χ2n) is 7.56. The van der Waals surface area contributed by atoms with Crippen molar-refractivity contribution >= 4 is 17.7 Å². The molecule has 0 atom stereocenters. The van der Waals surface area contributed by atoms with Gasteiger partial charge in [0.05, 0.1) is 0 Å². The van der Waals surface area contributed by atoms with Crippen molar-refractivity contribution in [3.8, 4) is 0 Å². The Hall–Kier alpha value is -2.24. The van der Waals surface area contributed by atoms with Crippen molar-refractivity contribution in [3.63, 3.8) is 0 Å². The van der Waals surface area contributed by atoms with Crippen LogP contribution in [0.4, 0.5) is 10.5 Å². The van der Waals surface area contributed by atoms with Crippen LogP contribution in [0.3, 0.4) is 0 Å². The molecule has 0 unspecified atom stereocenters. The number of amides is 2. The van der Waals surface area contributed by atoms with E-state index in [1.54, 1.807) is 4.90 Å². The maximum absolute atomic E-state index is 11.0. The van der Waals surface area contributed by atoms with Crippen LogP contribution in [-0.2, 0) is 11.2 Å². The Morgan fingerprint density at radius 2 is 1.50 bits per heavy atom. The van der Waals surface area contributed by atoms with Gasteiger partial charge in [-0.25, -0.2) is 4.79 Å². The third kappa shape index (κ3) is 4.68. The molecular formula is C20H29N3O3. The van der Waals surface area contributed by atoms with Gasteiger partial charge in [-0.2, -0.15) is 0 Å². The number of likely N-dealkylation sites (tertiary alicyclic amines) is 1. The summed E-state index contributed by atoms with van der Waals surface area (Å²) in [6.07, 6.45) is 4.69. The van der Waals surface area contributed by atoms with Gasteiger partial charge in [-0.15, -0.1) is 0 Å². The number of anilines is 1. The minimum absolute atomic E-state index is 0.259. The lowest BCUT2D eigenvalue weighted by Crippen LogP contribution is -2.42. The first-order valence-corrected chi connectivity index (χ1v) is 9.63. The van der Waals surface area contributed by atoms with Gasteiger partial charge in [0, 0.05) is 38.3 Å². The molecular weight excluding hydrogens is 330 g/mol. The van der Waals surface area contributed by atoms with E-state index in [0.29, 0.717) is 31.8 Å². The third-order valence-electron chi connectivity index (χ3n) is 5.98. The van der Waals surface area contributed by atoms with E-state index in [2.05, 4.69) is 29.2 Å². The smallest absolute Gasteiger partial charge is 0.407 e. The number of aryl methyl sites for hydroxylation is 1. The van der Waals surface area contributed by atoms with E-state index in [9.17, 15) is 9.59 Å². The summed E-state index contributed by atoms with van der Waals surface area (Å²) < 4.78 is 0. The van der Waals surface area contributed by atoms with E-state index in [1.807, 2.05) is 0 Å². The van der Waals surface area contributed by atoms with Crippen LogP contribution >= 0.6 is 0 Å². The van der Waals surface area contributed by atoms with Crippen LogP contribution in [0.1, 0.15) is 37.7 Å². The summed E-state index contributed by atoms with van der Waals surface area (Å²) in [7, 11) is 0. The summed E-state index contributed by atoms with van der Waals surface area (Å²) >= 11 is 0. The average molecular weight is 359 g/mol. The van der Waals surface area contributed by atoms with E-state index in [-0.39, 0.29) is 5.91 Å². The predicted molar refractivity (Wildman–Crippen MR) is 101 cm³/mol. The zero-order valence-electron chi connectivity index (χ0n) is 15.3. The summed E-state index contributed by atoms with van der Waals surface area (Å²) in [6, 6.07) is 8.46. The van der Waals surface area contributed by atoms with Gasteiger partial charge in [0.2, 0.25) is 5.91 Å². The van der Waals surface area contributed by atoms with Gasteiger partial charge in [0.15, 0.2) is 0 Å². The van der Waals surface area contributed by atoms with Crippen molar-refractivity contribution in [1.29, 1.82) is 0 Å². The molecule has 2 amide bonds. The van der Waals surface area contributed by atoms with Crippen molar-refractivity contribution < 1.29 is 14.7 Å². The van der Waals surface area contributed by atoms with Crippen LogP contribution in [-0.4, -0.2) is 48.2 Å². The second kappa shape index (κ2) is 8.43. The number of nitrogens with two attached hydrogens (primary N) is 1. The number of carbonyl (C=O) groups excluding carboxylic acids is 1. The van der Waals surface area contributed by atoms with E-state index in [0.717, 1.165) is 37.4 Å². The Bertz CT molecular complexity index is 616. The van der Waals surface area contributed by atoms with Crippen molar-refractivity contribution in [2.45, 2.75) is 38.5 Å². The molecule has 1 aromatic carbocycles. The fraction of sp³-hybridized carbons (Fsp3) is 0.600. The van der Waals surface area contributed by atoms with E-state index in [1.165, 1.54) is 18.5 Å². The zero-order valence-corrected chi connectivity index (χ0v) is 15.3. The van der Waals surface area contributed by atoms with Gasteiger partial charge in [-0.3, -0.25) is 4.79 Å². The topological polar surface area (TPSA) is 86.9 Å². The number of carbonyl (C=O) groups is 2. The molecule has 3 rings (SSSR count). The van der Waals surface area contributed by atoms with Gasteiger partial charge in [-0.1, -0.05) is 12.1 Å². The quantitative estimate of drug-likeness (QED) is 0.846. The lowest BCUT2D eigenvalue weighted by atomic mass is 9.79. The molecule has 2 saturated heterocycles. The van der Waals surface area contributed by atoms with Crippen molar-refractivity contribution in [2.75, 3.05) is 31.1 Å². The highest BCUT2D eigenvalue weighted by Gasteiger charge is 2.30. The summed E-state index contributed by atoms with van der Waals surface area (Å²) in [5.41, 5.74) is 7.59. The predicted octanol–water partition coefficient (Wildman–Crippen LogP) is 2.71. The molecule has 2 aliphatic heterocycles. The fourth-order valence-corrected chi connectivity index (χ4v) is 4.33. The minimum Gasteiger partial charge on any atom is -0.465 e. The van der Waals surface area contributed by atoms with Crippen molar-refractivity contribution in [2.24, 2.45) is 17.6 Å². The molecule has 0 bridgehead atoms. The van der Waals surface area contributed by atoms with Gasteiger partial charge < -0.3 is 20.6 Å². The molecule has 6 nitrogen and oxygen atoms in total. The van der Waals surface area contributed by atoms with E-state index >= 15 is 0 Å². The SMILES string of the molecule is NC(=O)CCc1ccc(N2CCC(C3CCN(C(=O)O)CC3)CC2)cc1. The zero-order chi connectivity index (χ0) is 18.5. The Balaban J connectivity index is 1.46. The monoisotopic (exact) mass is 359 g/mol. The van der Waals surface area contributed by atoms with Crippen LogP contribution in [0, 0.1) is 11.8 Å². The fourth-order valence-electron chi connectivity index (χ4n) is 4.33. The van der Waals surface area contributed by atoms with Crippen LogP contribution < -0.4 is 10.6 Å². The first-order chi connectivity index (χ1) is 12.5. The highest BCUT2D eigenvalue weighted by atomic mass is 16.4. The van der Waals surface area contributed by atoms with E-state index < -0.39 is 6.09 Å². The lowest BCUT2D eigenvalue weighted by Gasteiger charge is -2.40. The number of primary amides is 1. The first kappa shape index (κ1) is 18.5. The normalized spacial score (nSPS) is 19.5. The molecule has 2 heterocycles. The van der Waals surface area contributed by atoms with Crippen LogP contribution in [0.15, 0.2) is 24.3 Å². The minimum atomic E-state index is -0.780. The second-order valence-corrected chi connectivity index (χ2v) is 7.56. The molecule has 3 N–H and O–H groups in total. The largest absolute Gasteiger partial charge is 0.465 e. The number of carboxylic acid groups (broad SMARTS) is 1. The van der Waals surface area contributed by atoms with Crippen molar-refractivity contribution in [3.05, 3.63) is 29.8 Å². The van der Waals surface area contributed by atoms with Gasteiger partial charge in [0.1, 0.15) is 0 Å². The summed E-state index contributed by atoms with van der Waals surface area (Å²) in [5, 5.41) is 9.07. The maximum atomic E-state index is 11.0. The Kier molecular flexibility index (Phi) is 6.01. The number of piperidine rings is 2. The standard InChI is InChI=1S/C20H29N3O3/c21-19(24)6-3-15-1-4-18(5-2-15)22-11-7-16(8-12-22)17-9-13-23(14-10-17)20(25)26/h1-2,4-5,16-17H,3,6-14H2,(H2,21,24)(H,25,26).